The van der Waals surface area contributed by atoms with Gasteiger partial charge in [0.05, 0.1) is 0 Å². The molecule has 1 saturated heterocycles. The Balaban J connectivity index is 0.000000653. The number of hydrogen-bond donors (Lipinski definition) is 0. The van der Waals surface area contributed by atoms with Crippen LogP contribution in [-0.4, -0.2) is 13.1 Å². The predicted octanol–water partition coefficient (Wildman–Crippen LogP) is 2.96. The predicted molar refractivity (Wildman–Crippen MR) is 61.0 cm³/mol. The van der Waals surface area contributed by atoms with Crippen LogP contribution in [0.25, 0.3) is 0 Å². The van der Waals surface area contributed by atoms with Gasteiger partial charge in [0.15, 0.2) is 0 Å². The van der Waals surface area contributed by atoms with Crippen molar-refractivity contribution in [3.05, 3.63) is 29.8 Å². The van der Waals surface area contributed by atoms with Crippen LogP contribution in [0.4, 0.5) is 5.69 Å². The summed E-state index contributed by atoms with van der Waals surface area (Å²) < 4.78 is 0. The van der Waals surface area contributed by atoms with Crippen molar-refractivity contribution in [1.82, 2.24) is 0 Å². The third-order valence-corrected chi connectivity index (χ3v) is 3.21. The van der Waals surface area contributed by atoms with Crippen molar-refractivity contribution >= 4 is 22.7 Å². The van der Waals surface area contributed by atoms with E-state index >= 15 is 0 Å². The highest BCUT2D eigenvalue weighted by atomic mass is 79.9. The van der Waals surface area contributed by atoms with Crippen molar-refractivity contribution in [3.63, 3.8) is 0 Å². The fourth-order valence-corrected chi connectivity index (χ4v) is 2.55. The normalized spacial score (nSPS) is 19.5. The van der Waals surface area contributed by atoms with Gasteiger partial charge < -0.3 is 4.90 Å². The molecule has 2 heteroatoms. The Bertz CT molecular complexity index is 272. The molecule has 0 spiro atoms. The van der Waals surface area contributed by atoms with Crippen molar-refractivity contribution in [3.8, 4) is 0 Å². The van der Waals surface area contributed by atoms with Crippen LogP contribution in [0.5, 0.6) is 0 Å². The standard InChI is InChI=1S/C11H13N.BrH/c1-2-4-11-10(3-1)9-5-7-12(11)8-6-9;/h1-4,9H,5-8H2;1H. The van der Waals surface area contributed by atoms with Crippen molar-refractivity contribution in [2.24, 2.45) is 0 Å². The van der Waals surface area contributed by atoms with Crippen molar-refractivity contribution in [1.29, 1.82) is 0 Å². The summed E-state index contributed by atoms with van der Waals surface area (Å²) in [6, 6.07) is 8.88. The van der Waals surface area contributed by atoms with E-state index < -0.39 is 0 Å². The van der Waals surface area contributed by atoms with Gasteiger partial charge in [0.2, 0.25) is 0 Å². The molecular weight excluding hydrogens is 226 g/mol. The van der Waals surface area contributed by atoms with Gasteiger partial charge in [-0.15, -0.1) is 17.0 Å². The molecule has 1 aromatic rings. The lowest BCUT2D eigenvalue weighted by Crippen LogP contribution is -2.38. The molecule has 0 N–H and O–H groups in total. The molecule has 0 atom stereocenters. The third kappa shape index (κ3) is 1.28. The molecule has 0 unspecified atom stereocenters. The average Bonchev–Trinajstić information content (AvgIpc) is 2.20. The molecular formula is C11H14BrN. The van der Waals surface area contributed by atoms with E-state index in [1.54, 1.807) is 5.56 Å². The lowest BCUT2D eigenvalue weighted by atomic mass is 9.83. The van der Waals surface area contributed by atoms with E-state index in [4.69, 9.17) is 0 Å². The summed E-state index contributed by atoms with van der Waals surface area (Å²) in [5, 5.41) is 0. The van der Waals surface area contributed by atoms with E-state index in [0.29, 0.717) is 0 Å². The maximum Gasteiger partial charge on any atom is 0.0401 e. The minimum atomic E-state index is 0. The molecule has 0 aliphatic carbocycles. The maximum absolute atomic E-state index is 2.52. The van der Waals surface area contributed by atoms with Crippen LogP contribution >= 0.6 is 17.0 Å². The molecule has 0 radical (unpaired) electrons. The van der Waals surface area contributed by atoms with E-state index in [0.717, 1.165) is 5.92 Å². The van der Waals surface area contributed by atoms with Gasteiger partial charge in [-0.05, 0) is 30.4 Å². The number of nitrogens with zero attached hydrogens (tertiary/aromatic N) is 1. The van der Waals surface area contributed by atoms with E-state index in [2.05, 4.69) is 29.2 Å². The highest BCUT2D eigenvalue weighted by molar-refractivity contribution is 8.93. The summed E-state index contributed by atoms with van der Waals surface area (Å²) in [5.74, 6) is 0.867. The van der Waals surface area contributed by atoms with Crippen LogP contribution in [0, 0.1) is 0 Å². The van der Waals surface area contributed by atoms with Gasteiger partial charge in [0.25, 0.3) is 0 Å². The number of benzene rings is 1. The van der Waals surface area contributed by atoms with Gasteiger partial charge in [-0.2, -0.15) is 0 Å². The molecule has 13 heavy (non-hydrogen) atoms. The number of rotatable bonds is 0. The number of halogens is 1. The molecule has 3 aliphatic heterocycles. The molecule has 0 aromatic heterocycles. The summed E-state index contributed by atoms with van der Waals surface area (Å²) in [4.78, 5) is 2.52. The molecule has 2 bridgehead atoms. The molecule has 1 nitrogen and oxygen atoms in total. The van der Waals surface area contributed by atoms with Crippen molar-refractivity contribution in [2.45, 2.75) is 18.8 Å². The quantitative estimate of drug-likeness (QED) is 0.673. The van der Waals surface area contributed by atoms with Crippen LogP contribution in [0.3, 0.4) is 0 Å². The summed E-state index contributed by atoms with van der Waals surface area (Å²) >= 11 is 0. The fourth-order valence-electron chi connectivity index (χ4n) is 2.55. The van der Waals surface area contributed by atoms with Gasteiger partial charge in [-0.25, -0.2) is 0 Å². The second kappa shape index (κ2) is 3.33. The minimum absolute atomic E-state index is 0. The number of piperidine rings is 1. The third-order valence-electron chi connectivity index (χ3n) is 3.21. The van der Waals surface area contributed by atoms with Gasteiger partial charge >= 0.3 is 0 Å². The molecule has 3 aliphatic rings. The van der Waals surface area contributed by atoms with Crippen LogP contribution in [0.15, 0.2) is 24.3 Å². The average molecular weight is 240 g/mol. The SMILES string of the molecule is Br.c1ccc2c(c1)C1CCN2CC1. The summed E-state index contributed by atoms with van der Waals surface area (Å²) in [5.41, 5.74) is 3.09. The molecule has 1 fully saturated rings. The van der Waals surface area contributed by atoms with Crippen molar-refractivity contribution < 1.29 is 0 Å². The van der Waals surface area contributed by atoms with Gasteiger partial charge in [0, 0.05) is 18.8 Å². The minimum Gasteiger partial charge on any atom is -0.371 e. The lowest BCUT2D eigenvalue weighted by Gasteiger charge is -2.42. The first-order valence-corrected chi connectivity index (χ1v) is 4.79. The lowest BCUT2D eigenvalue weighted by molar-refractivity contribution is 0.475. The monoisotopic (exact) mass is 239 g/mol. The largest absolute Gasteiger partial charge is 0.371 e. The molecule has 0 saturated carbocycles. The second-order valence-corrected chi connectivity index (χ2v) is 3.82. The topological polar surface area (TPSA) is 3.24 Å². The van der Waals surface area contributed by atoms with Crippen molar-refractivity contribution in [2.75, 3.05) is 18.0 Å². The molecule has 3 heterocycles. The maximum atomic E-state index is 2.52. The van der Waals surface area contributed by atoms with Crippen LogP contribution in [0.2, 0.25) is 0 Å². The zero-order valence-corrected chi connectivity index (χ0v) is 9.28. The van der Waals surface area contributed by atoms with Gasteiger partial charge in [0.1, 0.15) is 0 Å². The van der Waals surface area contributed by atoms with Gasteiger partial charge in [-0.1, -0.05) is 18.2 Å². The Kier molecular flexibility index (Phi) is 2.33. The fraction of sp³-hybridized carbons (Fsp3) is 0.455. The molecule has 70 valence electrons. The zero-order chi connectivity index (χ0) is 7.97. The molecule has 0 amide bonds. The van der Waals surface area contributed by atoms with E-state index in [1.807, 2.05) is 0 Å². The number of hydrogen-bond acceptors (Lipinski definition) is 1. The molecule has 1 aromatic carbocycles. The van der Waals surface area contributed by atoms with Gasteiger partial charge in [-0.3, -0.25) is 0 Å². The van der Waals surface area contributed by atoms with E-state index in [9.17, 15) is 0 Å². The Morgan fingerprint density at radius 1 is 1.08 bits per heavy atom. The Labute approximate surface area is 89.5 Å². The summed E-state index contributed by atoms with van der Waals surface area (Å²) in [7, 11) is 0. The highest BCUT2D eigenvalue weighted by Crippen LogP contribution is 2.41. The van der Waals surface area contributed by atoms with Crippen LogP contribution in [0.1, 0.15) is 24.3 Å². The smallest absolute Gasteiger partial charge is 0.0401 e. The molecule has 4 rings (SSSR count). The highest BCUT2D eigenvalue weighted by Gasteiger charge is 2.29. The summed E-state index contributed by atoms with van der Waals surface area (Å²) in [6.45, 7) is 2.56. The first kappa shape index (κ1) is 9.07. The zero-order valence-electron chi connectivity index (χ0n) is 7.57. The Hall–Kier alpha value is -0.500. The first-order chi connectivity index (χ1) is 5.95. The second-order valence-electron chi connectivity index (χ2n) is 3.82. The van der Waals surface area contributed by atoms with E-state index in [-0.39, 0.29) is 17.0 Å². The number of fused-ring (bicyclic) bond motifs is 2. The first-order valence-electron chi connectivity index (χ1n) is 4.79. The van der Waals surface area contributed by atoms with Crippen LogP contribution < -0.4 is 4.90 Å². The van der Waals surface area contributed by atoms with E-state index in [1.165, 1.54) is 31.6 Å². The number of anilines is 1. The summed E-state index contributed by atoms with van der Waals surface area (Å²) in [6.07, 6.45) is 2.74. The number of para-hydroxylation sites is 1. The van der Waals surface area contributed by atoms with Crippen LogP contribution in [-0.2, 0) is 0 Å². The Morgan fingerprint density at radius 3 is 2.46 bits per heavy atom. The Morgan fingerprint density at radius 2 is 1.77 bits per heavy atom.